The van der Waals surface area contributed by atoms with E-state index in [0.29, 0.717) is 11.6 Å². The van der Waals surface area contributed by atoms with E-state index >= 15 is 0 Å². The van der Waals surface area contributed by atoms with E-state index in [-0.39, 0.29) is 17.4 Å². The number of amides is 1. The Morgan fingerprint density at radius 1 is 1.00 bits per heavy atom. The standard InChI is InChI=1S/C21H24N4O/c26-20(18-8-4-5-9-22-18)23-19-16-12-24-10-11-25(13-16)15-21(19,14-24)17-6-2-1-3-7-17/h1-9,16,19H,10-15H2,(H,23,26)/t16?,19-,21?/m0/s1. The van der Waals surface area contributed by atoms with Crippen LogP contribution in [0, 0.1) is 5.92 Å². The number of benzene rings is 1. The number of rotatable bonds is 3. The molecule has 0 aliphatic carbocycles. The summed E-state index contributed by atoms with van der Waals surface area (Å²) in [6.45, 7) is 6.42. The lowest BCUT2D eigenvalue weighted by Crippen LogP contribution is -2.70. The third-order valence-electron chi connectivity index (χ3n) is 6.33. The van der Waals surface area contributed by atoms with E-state index in [1.165, 1.54) is 5.56 Å². The Kier molecular flexibility index (Phi) is 3.80. The van der Waals surface area contributed by atoms with Crippen molar-refractivity contribution in [2.75, 3.05) is 39.3 Å². The fraction of sp³-hybridized carbons (Fsp3) is 0.429. The van der Waals surface area contributed by atoms with E-state index in [1.807, 2.05) is 12.1 Å². The third kappa shape index (κ3) is 2.54. The Labute approximate surface area is 154 Å². The zero-order valence-electron chi connectivity index (χ0n) is 14.8. The maximum atomic E-state index is 12.9. The smallest absolute Gasteiger partial charge is 0.270 e. The molecule has 134 valence electrons. The first-order chi connectivity index (χ1) is 12.7. The van der Waals surface area contributed by atoms with E-state index in [9.17, 15) is 4.79 Å². The maximum Gasteiger partial charge on any atom is 0.270 e. The number of nitrogens with one attached hydrogen (secondary N) is 1. The quantitative estimate of drug-likeness (QED) is 0.910. The summed E-state index contributed by atoms with van der Waals surface area (Å²) in [5.41, 5.74) is 1.79. The van der Waals surface area contributed by atoms with Crippen LogP contribution in [-0.2, 0) is 5.41 Å². The summed E-state index contributed by atoms with van der Waals surface area (Å²) < 4.78 is 0. The van der Waals surface area contributed by atoms with Gasteiger partial charge in [0.2, 0.25) is 0 Å². The van der Waals surface area contributed by atoms with Crippen LogP contribution >= 0.6 is 0 Å². The minimum atomic E-state index is -0.0537. The number of carbonyl (C=O) groups is 1. The molecule has 3 atom stereocenters. The number of hydrogen-bond acceptors (Lipinski definition) is 4. The highest BCUT2D eigenvalue weighted by Gasteiger charge is 2.55. The molecule has 2 unspecified atom stereocenters. The van der Waals surface area contributed by atoms with Crippen LogP contribution in [0.25, 0.3) is 0 Å². The molecular formula is C21H24N4O. The second-order valence-electron chi connectivity index (χ2n) is 7.92. The first kappa shape index (κ1) is 16.0. The molecule has 6 rings (SSSR count). The van der Waals surface area contributed by atoms with Gasteiger partial charge >= 0.3 is 0 Å². The molecule has 2 aromatic rings. The monoisotopic (exact) mass is 348 g/mol. The Hall–Kier alpha value is -2.24. The van der Waals surface area contributed by atoms with Crippen molar-refractivity contribution in [3.63, 3.8) is 0 Å². The number of aromatic nitrogens is 1. The van der Waals surface area contributed by atoms with Gasteiger partial charge in [-0.15, -0.1) is 0 Å². The zero-order chi connectivity index (χ0) is 17.6. The molecule has 5 nitrogen and oxygen atoms in total. The molecule has 4 fully saturated rings. The van der Waals surface area contributed by atoms with Crippen LogP contribution in [0.15, 0.2) is 54.7 Å². The van der Waals surface area contributed by atoms with Gasteiger partial charge in [-0.25, -0.2) is 0 Å². The Morgan fingerprint density at radius 2 is 1.69 bits per heavy atom. The van der Waals surface area contributed by atoms with Crippen LogP contribution < -0.4 is 5.32 Å². The average Bonchev–Trinajstić information content (AvgIpc) is 2.94. The SMILES string of the molecule is O=C(N[C@H]1C2CN3CCN(C2)CC1(c1ccccc1)C3)c1ccccn1. The molecule has 4 bridgehead atoms. The van der Waals surface area contributed by atoms with Crippen LogP contribution in [0.4, 0.5) is 0 Å². The van der Waals surface area contributed by atoms with Gasteiger partial charge in [0.05, 0.1) is 0 Å². The highest BCUT2D eigenvalue weighted by Crippen LogP contribution is 2.43. The van der Waals surface area contributed by atoms with Crippen molar-refractivity contribution < 1.29 is 4.79 Å². The van der Waals surface area contributed by atoms with E-state index in [4.69, 9.17) is 0 Å². The van der Waals surface area contributed by atoms with E-state index in [2.05, 4.69) is 50.4 Å². The summed E-state index contributed by atoms with van der Waals surface area (Å²) in [6, 6.07) is 16.4. The third-order valence-corrected chi connectivity index (χ3v) is 6.33. The minimum Gasteiger partial charge on any atom is -0.347 e. The van der Waals surface area contributed by atoms with Gasteiger partial charge in [-0.3, -0.25) is 9.78 Å². The number of piperidine rings is 2. The molecule has 1 amide bonds. The maximum absolute atomic E-state index is 12.9. The molecule has 0 saturated carbocycles. The lowest BCUT2D eigenvalue weighted by Gasteiger charge is -2.55. The van der Waals surface area contributed by atoms with Crippen molar-refractivity contribution in [1.82, 2.24) is 20.1 Å². The molecular weight excluding hydrogens is 324 g/mol. The Bertz CT molecular complexity index is 778. The fourth-order valence-corrected chi connectivity index (χ4v) is 5.28. The predicted molar refractivity (Wildman–Crippen MR) is 100.0 cm³/mol. The summed E-state index contributed by atoms with van der Waals surface area (Å²) >= 11 is 0. The Balaban J connectivity index is 1.53. The normalized spacial score (nSPS) is 35.1. The van der Waals surface area contributed by atoms with Gasteiger partial charge in [-0.1, -0.05) is 36.4 Å². The van der Waals surface area contributed by atoms with Crippen LogP contribution in [0.5, 0.6) is 0 Å². The summed E-state index contributed by atoms with van der Waals surface area (Å²) in [5.74, 6) is 0.398. The lowest BCUT2D eigenvalue weighted by atomic mass is 9.64. The Morgan fingerprint density at radius 3 is 2.35 bits per heavy atom. The summed E-state index contributed by atoms with van der Waals surface area (Å²) in [5, 5.41) is 3.39. The number of pyridine rings is 1. The first-order valence-corrected chi connectivity index (χ1v) is 9.47. The first-order valence-electron chi connectivity index (χ1n) is 9.47. The van der Waals surface area contributed by atoms with Gasteiger partial charge in [0, 0.05) is 62.8 Å². The summed E-state index contributed by atoms with van der Waals surface area (Å²) in [6.07, 6.45) is 1.68. The summed E-state index contributed by atoms with van der Waals surface area (Å²) in [7, 11) is 0. The average molecular weight is 348 g/mol. The van der Waals surface area contributed by atoms with Crippen molar-refractivity contribution in [3.05, 3.63) is 66.0 Å². The number of nitrogens with zero attached hydrogens (tertiary/aromatic N) is 3. The van der Waals surface area contributed by atoms with Gasteiger partial charge in [0.1, 0.15) is 5.69 Å². The van der Waals surface area contributed by atoms with Crippen molar-refractivity contribution in [2.45, 2.75) is 11.5 Å². The van der Waals surface area contributed by atoms with E-state index in [0.717, 1.165) is 39.3 Å². The predicted octanol–water partition coefficient (Wildman–Crippen LogP) is 1.38. The molecule has 4 saturated heterocycles. The van der Waals surface area contributed by atoms with Gasteiger partial charge in [0.15, 0.2) is 0 Å². The van der Waals surface area contributed by atoms with Crippen molar-refractivity contribution in [3.8, 4) is 0 Å². The molecule has 4 aliphatic rings. The highest BCUT2D eigenvalue weighted by molar-refractivity contribution is 5.92. The lowest BCUT2D eigenvalue weighted by molar-refractivity contribution is 0.0179. The van der Waals surface area contributed by atoms with Gasteiger partial charge < -0.3 is 15.1 Å². The van der Waals surface area contributed by atoms with Crippen LogP contribution in [-0.4, -0.2) is 66.0 Å². The molecule has 26 heavy (non-hydrogen) atoms. The van der Waals surface area contributed by atoms with Crippen molar-refractivity contribution in [2.24, 2.45) is 5.92 Å². The van der Waals surface area contributed by atoms with Gasteiger partial charge in [-0.05, 0) is 17.7 Å². The van der Waals surface area contributed by atoms with Crippen LogP contribution in [0.1, 0.15) is 16.1 Å². The molecule has 1 aromatic carbocycles. The van der Waals surface area contributed by atoms with Gasteiger partial charge in [0.25, 0.3) is 5.91 Å². The van der Waals surface area contributed by atoms with Crippen LogP contribution in [0.2, 0.25) is 0 Å². The minimum absolute atomic E-state index is 0.0522. The molecule has 1 aromatic heterocycles. The highest BCUT2D eigenvalue weighted by atomic mass is 16.2. The number of carbonyl (C=O) groups excluding carboxylic acids is 1. The van der Waals surface area contributed by atoms with E-state index < -0.39 is 0 Å². The van der Waals surface area contributed by atoms with Gasteiger partial charge in [-0.2, -0.15) is 0 Å². The fourth-order valence-electron chi connectivity index (χ4n) is 5.28. The topological polar surface area (TPSA) is 48.5 Å². The molecule has 5 heterocycles. The molecule has 0 spiro atoms. The molecule has 4 aliphatic heterocycles. The van der Waals surface area contributed by atoms with Crippen molar-refractivity contribution in [1.29, 1.82) is 0 Å². The number of hydrogen-bond donors (Lipinski definition) is 1. The van der Waals surface area contributed by atoms with Crippen LogP contribution in [0.3, 0.4) is 0 Å². The second kappa shape index (κ2) is 6.18. The van der Waals surface area contributed by atoms with E-state index in [1.54, 1.807) is 12.3 Å². The largest absolute Gasteiger partial charge is 0.347 e. The zero-order valence-corrected chi connectivity index (χ0v) is 14.8. The molecule has 5 heteroatoms. The molecule has 0 radical (unpaired) electrons. The second-order valence-corrected chi connectivity index (χ2v) is 7.92. The number of fused-ring (bicyclic) bond motifs is 1. The van der Waals surface area contributed by atoms with Crippen molar-refractivity contribution >= 4 is 5.91 Å². The molecule has 1 N–H and O–H groups in total. The summed E-state index contributed by atoms with van der Waals surface area (Å²) in [4.78, 5) is 22.3.